The summed E-state index contributed by atoms with van der Waals surface area (Å²) in [6.45, 7) is 3.77. The molecular weight excluding hydrogens is 242 g/mol. The van der Waals surface area contributed by atoms with Crippen molar-refractivity contribution in [3.8, 4) is 0 Å². The van der Waals surface area contributed by atoms with Crippen molar-refractivity contribution in [2.75, 3.05) is 13.6 Å². The van der Waals surface area contributed by atoms with Crippen LogP contribution < -0.4 is 16.4 Å². The second-order valence-electron chi connectivity index (χ2n) is 5.07. The molecular formula is C14H21N3O2. The third-order valence-corrected chi connectivity index (χ3v) is 2.99. The molecule has 1 aromatic carbocycles. The zero-order valence-electron chi connectivity index (χ0n) is 11.6. The van der Waals surface area contributed by atoms with Crippen LogP contribution in [0, 0.1) is 5.41 Å². The molecule has 0 radical (unpaired) electrons. The highest BCUT2D eigenvalue weighted by Gasteiger charge is 2.28. The Bertz CT molecular complexity index is 443. The molecule has 0 heterocycles. The lowest BCUT2D eigenvalue weighted by Crippen LogP contribution is -2.45. The van der Waals surface area contributed by atoms with E-state index in [-0.39, 0.29) is 18.4 Å². The van der Waals surface area contributed by atoms with E-state index in [0.717, 1.165) is 5.56 Å². The standard InChI is InChI=1S/C14H21N3O2/c1-14(2,13(19)16-3)9-17-12(18)11(15)10-7-5-4-6-8-10/h4-8,11H,9,15H2,1-3H3,(H,16,19)(H,17,18). The molecule has 0 aliphatic heterocycles. The van der Waals surface area contributed by atoms with Crippen LogP contribution in [0.2, 0.25) is 0 Å². The van der Waals surface area contributed by atoms with Crippen molar-refractivity contribution in [2.24, 2.45) is 11.1 Å². The minimum atomic E-state index is -0.721. The van der Waals surface area contributed by atoms with Gasteiger partial charge >= 0.3 is 0 Å². The van der Waals surface area contributed by atoms with Gasteiger partial charge in [0.15, 0.2) is 0 Å². The van der Waals surface area contributed by atoms with Gasteiger partial charge in [0.05, 0.1) is 5.41 Å². The van der Waals surface area contributed by atoms with Gasteiger partial charge in [-0.15, -0.1) is 0 Å². The minimum Gasteiger partial charge on any atom is -0.359 e. The number of carbonyl (C=O) groups is 2. The number of nitrogens with two attached hydrogens (primary N) is 1. The van der Waals surface area contributed by atoms with Gasteiger partial charge in [-0.05, 0) is 19.4 Å². The van der Waals surface area contributed by atoms with Crippen LogP contribution in [0.15, 0.2) is 30.3 Å². The van der Waals surface area contributed by atoms with E-state index in [1.54, 1.807) is 33.0 Å². The van der Waals surface area contributed by atoms with Crippen molar-refractivity contribution < 1.29 is 9.59 Å². The summed E-state index contributed by atoms with van der Waals surface area (Å²) in [5.41, 5.74) is 5.95. The molecule has 1 unspecified atom stereocenters. The zero-order chi connectivity index (χ0) is 14.5. The molecule has 0 spiro atoms. The second-order valence-corrected chi connectivity index (χ2v) is 5.07. The van der Waals surface area contributed by atoms with Crippen LogP contribution in [-0.4, -0.2) is 25.4 Å². The van der Waals surface area contributed by atoms with E-state index in [4.69, 9.17) is 5.73 Å². The molecule has 0 aliphatic rings. The van der Waals surface area contributed by atoms with Gasteiger partial charge in [-0.3, -0.25) is 9.59 Å². The van der Waals surface area contributed by atoms with Crippen LogP contribution in [0.25, 0.3) is 0 Å². The summed E-state index contributed by atoms with van der Waals surface area (Å²) in [5.74, 6) is -0.413. The minimum absolute atomic E-state index is 0.124. The van der Waals surface area contributed by atoms with Gasteiger partial charge in [0, 0.05) is 13.6 Å². The fourth-order valence-corrected chi connectivity index (χ4v) is 1.65. The second kappa shape index (κ2) is 6.33. The Morgan fingerprint density at radius 3 is 2.37 bits per heavy atom. The molecule has 1 aromatic rings. The van der Waals surface area contributed by atoms with Gasteiger partial charge in [0.25, 0.3) is 0 Å². The highest BCUT2D eigenvalue weighted by Crippen LogP contribution is 2.14. The van der Waals surface area contributed by atoms with Crippen molar-refractivity contribution in [1.82, 2.24) is 10.6 Å². The normalized spacial score (nSPS) is 12.6. The molecule has 0 aliphatic carbocycles. The quantitative estimate of drug-likeness (QED) is 0.726. The predicted molar refractivity (Wildman–Crippen MR) is 74.2 cm³/mol. The van der Waals surface area contributed by atoms with Crippen molar-refractivity contribution in [2.45, 2.75) is 19.9 Å². The van der Waals surface area contributed by atoms with Gasteiger partial charge in [0.1, 0.15) is 6.04 Å². The Labute approximate surface area is 113 Å². The van der Waals surface area contributed by atoms with E-state index in [1.807, 2.05) is 18.2 Å². The Kier molecular flexibility index (Phi) is 5.06. The number of amides is 2. The monoisotopic (exact) mass is 263 g/mol. The summed E-state index contributed by atoms with van der Waals surface area (Å²) in [4.78, 5) is 23.5. The van der Waals surface area contributed by atoms with E-state index < -0.39 is 11.5 Å². The van der Waals surface area contributed by atoms with Gasteiger partial charge in [-0.25, -0.2) is 0 Å². The summed E-state index contributed by atoms with van der Waals surface area (Å²) < 4.78 is 0. The maximum Gasteiger partial charge on any atom is 0.241 e. The van der Waals surface area contributed by atoms with Crippen LogP contribution >= 0.6 is 0 Å². The predicted octanol–water partition coefficient (Wildman–Crippen LogP) is 0.575. The van der Waals surface area contributed by atoms with Crippen molar-refractivity contribution in [3.05, 3.63) is 35.9 Å². The highest BCUT2D eigenvalue weighted by molar-refractivity contribution is 5.85. The third-order valence-electron chi connectivity index (χ3n) is 2.99. The summed E-state index contributed by atoms with van der Waals surface area (Å²) in [6.07, 6.45) is 0. The average molecular weight is 263 g/mol. The zero-order valence-corrected chi connectivity index (χ0v) is 11.6. The van der Waals surface area contributed by atoms with Gasteiger partial charge < -0.3 is 16.4 Å². The molecule has 19 heavy (non-hydrogen) atoms. The average Bonchev–Trinajstić information content (AvgIpc) is 2.43. The number of hydrogen-bond donors (Lipinski definition) is 3. The lowest BCUT2D eigenvalue weighted by molar-refractivity contribution is -0.129. The number of benzene rings is 1. The molecule has 1 atom stereocenters. The van der Waals surface area contributed by atoms with Gasteiger partial charge in [-0.1, -0.05) is 30.3 Å². The molecule has 0 saturated heterocycles. The van der Waals surface area contributed by atoms with E-state index in [0.29, 0.717) is 0 Å². The van der Waals surface area contributed by atoms with E-state index >= 15 is 0 Å². The Balaban J connectivity index is 2.59. The maximum atomic E-state index is 11.9. The lowest BCUT2D eigenvalue weighted by Gasteiger charge is -2.23. The highest BCUT2D eigenvalue weighted by atomic mass is 16.2. The fraction of sp³-hybridized carbons (Fsp3) is 0.429. The molecule has 0 saturated carbocycles. The topological polar surface area (TPSA) is 84.2 Å². The van der Waals surface area contributed by atoms with Crippen LogP contribution in [0.3, 0.4) is 0 Å². The molecule has 1 rings (SSSR count). The maximum absolute atomic E-state index is 11.9. The Morgan fingerprint density at radius 2 is 1.84 bits per heavy atom. The Morgan fingerprint density at radius 1 is 1.26 bits per heavy atom. The van der Waals surface area contributed by atoms with Crippen LogP contribution in [0.4, 0.5) is 0 Å². The van der Waals surface area contributed by atoms with Crippen LogP contribution in [0.5, 0.6) is 0 Å². The summed E-state index contributed by atoms with van der Waals surface area (Å²) >= 11 is 0. The molecule has 2 amide bonds. The molecule has 104 valence electrons. The first-order valence-electron chi connectivity index (χ1n) is 6.19. The third kappa shape index (κ3) is 4.06. The van der Waals surface area contributed by atoms with Gasteiger partial charge in [0.2, 0.25) is 11.8 Å². The molecule has 5 nitrogen and oxygen atoms in total. The van der Waals surface area contributed by atoms with E-state index in [2.05, 4.69) is 10.6 Å². The number of carbonyl (C=O) groups excluding carboxylic acids is 2. The summed E-state index contributed by atoms with van der Waals surface area (Å²) in [5, 5.41) is 5.28. The lowest BCUT2D eigenvalue weighted by atomic mass is 9.92. The van der Waals surface area contributed by atoms with Crippen LogP contribution in [-0.2, 0) is 9.59 Å². The molecule has 5 heteroatoms. The van der Waals surface area contributed by atoms with E-state index in [9.17, 15) is 9.59 Å². The summed E-state index contributed by atoms with van der Waals surface area (Å²) in [6, 6.07) is 8.40. The van der Waals surface area contributed by atoms with Crippen molar-refractivity contribution in [1.29, 1.82) is 0 Å². The number of nitrogens with one attached hydrogen (secondary N) is 2. The Hall–Kier alpha value is -1.88. The molecule has 0 bridgehead atoms. The first-order chi connectivity index (χ1) is 8.88. The number of hydrogen-bond acceptors (Lipinski definition) is 3. The van der Waals surface area contributed by atoms with Gasteiger partial charge in [-0.2, -0.15) is 0 Å². The van der Waals surface area contributed by atoms with Crippen LogP contribution in [0.1, 0.15) is 25.5 Å². The van der Waals surface area contributed by atoms with E-state index in [1.165, 1.54) is 0 Å². The fourth-order valence-electron chi connectivity index (χ4n) is 1.65. The largest absolute Gasteiger partial charge is 0.359 e. The number of rotatable bonds is 5. The summed E-state index contributed by atoms with van der Waals surface area (Å²) in [7, 11) is 1.57. The SMILES string of the molecule is CNC(=O)C(C)(C)CNC(=O)C(N)c1ccccc1. The molecule has 0 aromatic heterocycles. The van der Waals surface area contributed by atoms with Crippen molar-refractivity contribution in [3.63, 3.8) is 0 Å². The first-order valence-corrected chi connectivity index (χ1v) is 6.19. The smallest absolute Gasteiger partial charge is 0.241 e. The van der Waals surface area contributed by atoms with Crippen molar-refractivity contribution >= 4 is 11.8 Å². The first kappa shape index (κ1) is 15.2. The molecule has 4 N–H and O–H groups in total. The molecule has 0 fully saturated rings.